The van der Waals surface area contributed by atoms with Crippen LogP contribution in [0.4, 0.5) is 5.13 Å². The van der Waals surface area contributed by atoms with E-state index in [0.717, 1.165) is 10.2 Å². The third-order valence-electron chi connectivity index (χ3n) is 3.17. The van der Waals surface area contributed by atoms with E-state index in [0.29, 0.717) is 23.0 Å². The summed E-state index contributed by atoms with van der Waals surface area (Å²) in [6, 6.07) is 5.28. The lowest BCUT2D eigenvalue weighted by Crippen LogP contribution is -2.29. The lowest BCUT2D eigenvalue weighted by Gasteiger charge is -2.09. The zero-order valence-corrected chi connectivity index (χ0v) is 12.3. The van der Waals surface area contributed by atoms with Gasteiger partial charge in [-0.05, 0) is 31.0 Å². The molecule has 3 rings (SSSR count). The number of rotatable bonds is 3. The lowest BCUT2D eigenvalue weighted by atomic mass is 10.2. The van der Waals surface area contributed by atoms with E-state index in [1.807, 2.05) is 0 Å². The highest BCUT2D eigenvalue weighted by Gasteiger charge is 2.35. The Balaban J connectivity index is 1.70. The molecule has 0 bridgehead atoms. The maximum absolute atomic E-state index is 12.0. The third-order valence-corrected chi connectivity index (χ3v) is 4.34. The fourth-order valence-electron chi connectivity index (χ4n) is 2.15. The molecule has 21 heavy (non-hydrogen) atoms. The van der Waals surface area contributed by atoms with E-state index >= 15 is 0 Å². The second-order valence-corrected chi connectivity index (χ2v) is 6.12. The minimum atomic E-state index is -1.04. The standard InChI is InChI=1S/C13H11ClN2O4S/c14-6-1-2-7-10(5-6)21-13(15-7)16-11(17)8-3-4-9(20-8)12(18)19/h1-2,5,8-9H,3-4H2,(H,18,19)(H,15,16,17). The van der Waals surface area contributed by atoms with Crippen molar-refractivity contribution in [3.63, 3.8) is 0 Å². The number of nitrogens with one attached hydrogen (secondary N) is 1. The highest BCUT2D eigenvalue weighted by atomic mass is 35.5. The number of aliphatic carboxylic acids is 1. The maximum Gasteiger partial charge on any atom is 0.332 e. The summed E-state index contributed by atoms with van der Waals surface area (Å²) >= 11 is 7.21. The van der Waals surface area contributed by atoms with Crippen LogP contribution in [0.1, 0.15) is 12.8 Å². The first-order chi connectivity index (χ1) is 10.0. The molecule has 1 aliphatic rings. The monoisotopic (exact) mass is 326 g/mol. The summed E-state index contributed by atoms with van der Waals surface area (Å²) in [5.41, 5.74) is 0.746. The number of aromatic nitrogens is 1. The number of amides is 1. The Bertz CT molecular complexity index is 717. The number of fused-ring (bicyclic) bond motifs is 1. The molecule has 1 aromatic heterocycles. The number of carbonyl (C=O) groups is 2. The van der Waals surface area contributed by atoms with Gasteiger partial charge in [-0.3, -0.25) is 10.1 Å². The van der Waals surface area contributed by atoms with Crippen molar-refractivity contribution in [2.75, 3.05) is 5.32 Å². The van der Waals surface area contributed by atoms with Crippen LogP contribution in [0.3, 0.4) is 0 Å². The van der Waals surface area contributed by atoms with Crippen LogP contribution in [-0.2, 0) is 14.3 Å². The van der Waals surface area contributed by atoms with Crippen LogP contribution in [0, 0.1) is 0 Å². The van der Waals surface area contributed by atoms with Gasteiger partial charge in [0.2, 0.25) is 0 Å². The first-order valence-corrected chi connectivity index (χ1v) is 7.47. The topological polar surface area (TPSA) is 88.5 Å². The zero-order chi connectivity index (χ0) is 15.0. The number of carboxylic acid groups (broad SMARTS) is 1. The van der Waals surface area contributed by atoms with Gasteiger partial charge in [0.05, 0.1) is 10.2 Å². The normalized spacial score (nSPS) is 21.6. The number of anilines is 1. The fraction of sp³-hybridized carbons (Fsp3) is 0.308. The molecule has 0 spiro atoms. The Hall–Kier alpha value is -1.70. The summed E-state index contributed by atoms with van der Waals surface area (Å²) in [5, 5.41) is 12.6. The number of ether oxygens (including phenoxy) is 1. The zero-order valence-electron chi connectivity index (χ0n) is 10.7. The molecule has 1 aromatic carbocycles. The predicted octanol–water partition coefficient (Wildman–Crippen LogP) is 2.52. The predicted molar refractivity (Wildman–Crippen MR) is 78.8 cm³/mol. The average Bonchev–Trinajstić information content (AvgIpc) is 3.03. The molecular formula is C13H11ClN2O4S. The van der Waals surface area contributed by atoms with Gasteiger partial charge in [-0.1, -0.05) is 22.9 Å². The Labute approximate surface area is 128 Å². The summed E-state index contributed by atoms with van der Waals surface area (Å²) in [4.78, 5) is 27.1. The molecule has 0 saturated carbocycles. The number of hydrogen-bond acceptors (Lipinski definition) is 5. The Morgan fingerprint density at radius 3 is 2.86 bits per heavy atom. The Morgan fingerprint density at radius 1 is 1.38 bits per heavy atom. The van der Waals surface area contributed by atoms with Crippen LogP contribution in [0.15, 0.2) is 18.2 Å². The molecule has 2 atom stereocenters. The van der Waals surface area contributed by atoms with Crippen molar-refractivity contribution in [3.8, 4) is 0 Å². The number of carboxylic acids is 1. The molecule has 2 N–H and O–H groups in total. The van der Waals surface area contributed by atoms with E-state index in [1.54, 1.807) is 18.2 Å². The van der Waals surface area contributed by atoms with Crippen LogP contribution < -0.4 is 5.32 Å². The van der Waals surface area contributed by atoms with Gasteiger partial charge in [0.15, 0.2) is 11.2 Å². The summed E-state index contributed by atoms with van der Waals surface area (Å²) in [6.07, 6.45) is -0.931. The van der Waals surface area contributed by atoms with Crippen molar-refractivity contribution in [1.29, 1.82) is 0 Å². The van der Waals surface area contributed by atoms with Crippen LogP contribution in [0.2, 0.25) is 5.02 Å². The van der Waals surface area contributed by atoms with Gasteiger partial charge < -0.3 is 9.84 Å². The van der Waals surface area contributed by atoms with Crippen molar-refractivity contribution >= 4 is 50.2 Å². The first kappa shape index (κ1) is 14.2. The quantitative estimate of drug-likeness (QED) is 0.904. The molecule has 110 valence electrons. The Kier molecular flexibility index (Phi) is 3.79. The van der Waals surface area contributed by atoms with Crippen molar-refractivity contribution in [2.24, 2.45) is 0 Å². The number of nitrogens with zero attached hydrogens (tertiary/aromatic N) is 1. The van der Waals surface area contributed by atoms with Gasteiger partial charge >= 0.3 is 5.97 Å². The number of thiazole rings is 1. The van der Waals surface area contributed by atoms with Crippen molar-refractivity contribution in [3.05, 3.63) is 23.2 Å². The van der Waals surface area contributed by atoms with Crippen molar-refractivity contribution in [1.82, 2.24) is 4.98 Å². The van der Waals surface area contributed by atoms with Crippen LogP contribution in [0.25, 0.3) is 10.2 Å². The molecule has 2 unspecified atom stereocenters. The molecule has 1 amide bonds. The minimum Gasteiger partial charge on any atom is -0.479 e. The number of halogens is 1. The largest absolute Gasteiger partial charge is 0.479 e. The van der Waals surface area contributed by atoms with E-state index in [2.05, 4.69) is 10.3 Å². The number of benzene rings is 1. The van der Waals surface area contributed by atoms with E-state index in [1.165, 1.54) is 11.3 Å². The van der Waals surface area contributed by atoms with Crippen molar-refractivity contribution in [2.45, 2.75) is 25.0 Å². The van der Waals surface area contributed by atoms with Crippen LogP contribution in [0.5, 0.6) is 0 Å². The molecule has 0 radical (unpaired) electrons. The molecule has 2 heterocycles. The summed E-state index contributed by atoms with van der Waals surface area (Å²) < 4.78 is 6.06. The molecule has 0 aliphatic carbocycles. The highest BCUT2D eigenvalue weighted by Crippen LogP contribution is 2.29. The molecule has 6 nitrogen and oxygen atoms in total. The van der Waals surface area contributed by atoms with Crippen molar-refractivity contribution < 1.29 is 19.4 Å². The number of carbonyl (C=O) groups excluding carboxylic acids is 1. The third kappa shape index (κ3) is 2.99. The molecule has 1 fully saturated rings. The van der Waals surface area contributed by atoms with Gasteiger partial charge in [0, 0.05) is 5.02 Å². The first-order valence-electron chi connectivity index (χ1n) is 6.28. The summed E-state index contributed by atoms with van der Waals surface area (Å²) in [5.74, 6) is -1.41. The van der Waals surface area contributed by atoms with E-state index in [4.69, 9.17) is 21.4 Å². The molecule has 8 heteroatoms. The highest BCUT2D eigenvalue weighted by molar-refractivity contribution is 7.22. The number of hydrogen-bond donors (Lipinski definition) is 2. The second-order valence-electron chi connectivity index (χ2n) is 4.65. The molecule has 1 saturated heterocycles. The summed E-state index contributed by atoms with van der Waals surface area (Å²) in [6.45, 7) is 0. The fourth-order valence-corrected chi connectivity index (χ4v) is 3.29. The smallest absolute Gasteiger partial charge is 0.332 e. The van der Waals surface area contributed by atoms with Crippen LogP contribution >= 0.6 is 22.9 Å². The maximum atomic E-state index is 12.0. The van der Waals surface area contributed by atoms with Gasteiger partial charge in [-0.2, -0.15) is 0 Å². The minimum absolute atomic E-state index is 0.336. The van der Waals surface area contributed by atoms with E-state index < -0.39 is 18.2 Å². The molecule has 2 aromatic rings. The van der Waals surface area contributed by atoms with Gasteiger partial charge in [-0.25, -0.2) is 9.78 Å². The summed E-state index contributed by atoms with van der Waals surface area (Å²) in [7, 11) is 0. The average molecular weight is 327 g/mol. The lowest BCUT2D eigenvalue weighted by molar-refractivity contribution is -0.150. The Morgan fingerprint density at radius 2 is 2.14 bits per heavy atom. The van der Waals surface area contributed by atoms with Gasteiger partial charge in [0.1, 0.15) is 6.10 Å². The SMILES string of the molecule is O=C(O)C1CCC(C(=O)Nc2nc3ccc(Cl)cc3s2)O1. The second kappa shape index (κ2) is 5.59. The van der Waals surface area contributed by atoms with Gasteiger partial charge in [-0.15, -0.1) is 0 Å². The molecular weight excluding hydrogens is 316 g/mol. The molecule has 1 aliphatic heterocycles. The van der Waals surface area contributed by atoms with E-state index in [-0.39, 0.29) is 5.91 Å². The van der Waals surface area contributed by atoms with Crippen LogP contribution in [-0.4, -0.2) is 34.2 Å². The van der Waals surface area contributed by atoms with E-state index in [9.17, 15) is 9.59 Å². The van der Waals surface area contributed by atoms with Gasteiger partial charge in [0.25, 0.3) is 5.91 Å².